The highest BCUT2D eigenvalue weighted by molar-refractivity contribution is 5.61. The van der Waals surface area contributed by atoms with Gasteiger partial charge in [-0.2, -0.15) is 0 Å². The zero-order valence-corrected chi connectivity index (χ0v) is 12.5. The Morgan fingerprint density at radius 3 is 2.53 bits per heavy atom. The fourth-order valence-electron chi connectivity index (χ4n) is 3.22. The third-order valence-electron chi connectivity index (χ3n) is 4.16. The maximum Gasteiger partial charge on any atom is 0.0428 e. The van der Waals surface area contributed by atoms with Gasteiger partial charge in [0.2, 0.25) is 0 Å². The van der Waals surface area contributed by atoms with Crippen LogP contribution in [0.1, 0.15) is 49.3 Å². The first kappa shape index (κ1) is 14.4. The van der Waals surface area contributed by atoms with Gasteiger partial charge in [0.1, 0.15) is 0 Å². The lowest BCUT2D eigenvalue weighted by Crippen LogP contribution is -2.31. The molecule has 1 fully saturated rings. The summed E-state index contributed by atoms with van der Waals surface area (Å²) in [6.07, 6.45) is 7.42. The van der Waals surface area contributed by atoms with Gasteiger partial charge in [0.25, 0.3) is 0 Å². The van der Waals surface area contributed by atoms with Gasteiger partial charge < -0.3 is 10.6 Å². The fourth-order valence-corrected chi connectivity index (χ4v) is 3.22. The minimum Gasteiger partial charge on any atom is -0.371 e. The highest BCUT2D eigenvalue weighted by Gasteiger charge is 2.16. The molecule has 0 aliphatic carbocycles. The molecule has 1 aromatic carbocycles. The van der Waals surface area contributed by atoms with Gasteiger partial charge in [-0.1, -0.05) is 19.1 Å². The van der Waals surface area contributed by atoms with Crippen molar-refractivity contribution < 1.29 is 0 Å². The van der Waals surface area contributed by atoms with Crippen LogP contribution in [0.4, 0.5) is 5.69 Å². The van der Waals surface area contributed by atoms with Gasteiger partial charge in [0, 0.05) is 18.8 Å². The molecule has 19 heavy (non-hydrogen) atoms. The first-order valence-corrected chi connectivity index (χ1v) is 7.83. The molecule has 1 aliphatic rings. The minimum absolute atomic E-state index is 0.786. The van der Waals surface area contributed by atoms with E-state index in [2.05, 4.69) is 30.9 Å². The molecule has 0 amide bonds. The van der Waals surface area contributed by atoms with Crippen LogP contribution in [0.25, 0.3) is 0 Å². The normalized spacial score (nSPS) is 15.8. The molecule has 1 aliphatic heterocycles. The summed E-state index contributed by atoms with van der Waals surface area (Å²) < 4.78 is 0. The second kappa shape index (κ2) is 6.95. The van der Waals surface area contributed by atoms with Crippen molar-refractivity contribution in [2.75, 3.05) is 24.5 Å². The van der Waals surface area contributed by atoms with Crippen LogP contribution in [-0.2, 0) is 12.8 Å². The van der Waals surface area contributed by atoms with E-state index in [1.54, 1.807) is 0 Å². The van der Waals surface area contributed by atoms with Crippen LogP contribution in [0.2, 0.25) is 0 Å². The lowest BCUT2D eigenvalue weighted by molar-refractivity contribution is 0.575. The Kier molecular flexibility index (Phi) is 5.26. The van der Waals surface area contributed by atoms with E-state index in [0.717, 1.165) is 25.8 Å². The molecule has 0 spiro atoms. The second-order valence-corrected chi connectivity index (χ2v) is 5.71. The average Bonchev–Trinajstić information content (AvgIpc) is 2.45. The van der Waals surface area contributed by atoms with E-state index < -0.39 is 0 Å². The molecule has 0 unspecified atom stereocenters. The number of nitrogens with zero attached hydrogens (tertiary/aromatic N) is 1. The smallest absolute Gasteiger partial charge is 0.0428 e. The van der Waals surface area contributed by atoms with Gasteiger partial charge in [0.05, 0.1) is 0 Å². The van der Waals surface area contributed by atoms with Crippen LogP contribution in [0.3, 0.4) is 0 Å². The van der Waals surface area contributed by atoms with Gasteiger partial charge in [-0.3, -0.25) is 0 Å². The molecule has 106 valence electrons. The van der Waals surface area contributed by atoms with E-state index in [-0.39, 0.29) is 0 Å². The Morgan fingerprint density at radius 2 is 1.89 bits per heavy atom. The lowest BCUT2D eigenvalue weighted by atomic mass is 9.97. The zero-order chi connectivity index (χ0) is 13.7. The van der Waals surface area contributed by atoms with Crippen LogP contribution in [0.5, 0.6) is 0 Å². The molecule has 2 heteroatoms. The van der Waals surface area contributed by atoms with E-state index in [4.69, 9.17) is 5.73 Å². The number of benzene rings is 1. The van der Waals surface area contributed by atoms with Crippen LogP contribution >= 0.6 is 0 Å². The van der Waals surface area contributed by atoms with Crippen LogP contribution in [0.15, 0.2) is 12.1 Å². The van der Waals surface area contributed by atoms with Crippen molar-refractivity contribution in [1.82, 2.24) is 0 Å². The number of hydrogen-bond donors (Lipinski definition) is 1. The zero-order valence-electron chi connectivity index (χ0n) is 12.5. The summed E-state index contributed by atoms with van der Waals surface area (Å²) >= 11 is 0. The summed E-state index contributed by atoms with van der Waals surface area (Å²) in [5.41, 5.74) is 11.6. The molecule has 2 N–H and O–H groups in total. The summed E-state index contributed by atoms with van der Waals surface area (Å²) in [5, 5.41) is 0. The van der Waals surface area contributed by atoms with E-state index in [1.165, 1.54) is 54.7 Å². The Hall–Kier alpha value is -1.02. The first-order chi connectivity index (χ1) is 9.26. The molecule has 1 saturated heterocycles. The summed E-state index contributed by atoms with van der Waals surface area (Å²) in [5.74, 6) is 0. The molecule has 0 saturated carbocycles. The van der Waals surface area contributed by atoms with E-state index >= 15 is 0 Å². The highest BCUT2D eigenvalue weighted by Crippen LogP contribution is 2.30. The van der Waals surface area contributed by atoms with Gasteiger partial charge >= 0.3 is 0 Å². The number of piperidine rings is 1. The number of rotatable bonds is 5. The van der Waals surface area contributed by atoms with Crippen LogP contribution < -0.4 is 10.6 Å². The number of nitrogens with two attached hydrogens (primary N) is 1. The number of aryl methyl sites for hydroxylation is 3. The monoisotopic (exact) mass is 260 g/mol. The Bertz CT molecular complexity index is 406. The molecular weight excluding hydrogens is 232 g/mol. The van der Waals surface area contributed by atoms with Crippen molar-refractivity contribution in [1.29, 1.82) is 0 Å². The highest BCUT2D eigenvalue weighted by atomic mass is 15.1. The quantitative estimate of drug-likeness (QED) is 0.878. The van der Waals surface area contributed by atoms with Gasteiger partial charge in [-0.15, -0.1) is 0 Å². The summed E-state index contributed by atoms with van der Waals surface area (Å²) in [6, 6.07) is 4.78. The maximum absolute atomic E-state index is 5.62. The number of anilines is 1. The van der Waals surface area contributed by atoms with Gasteiger partial charge in [-0.05, 0) is 68.7 Å². The summed E-state index contributed by atoms with van der Waals surface area (Å²) in [4.78, 5) is 2.60. The van der Waals surface area contributed by atoms with Crippen molar-refractivity contribution >= 4 is 5.69 Å². The SMILES string of the molecule is CCc1cc(CCCN)cc(C)c1N1CCCCC1. The lowest BCUT2D eigenvalue weighted by Gasteiger charge is -2.32. The molecule has 0 bridgehead atoms. The Balaban J connectivity index is 2.26. The Labute approximate surface area is 118 Å². The topological polar surface area (TPSA) is 29.3 Å². The summed E-state index contributed by atoms with van der Waals surface area (Å²) in [7, 11) is 0. The first-order valence-electron chi connectivity index (χ1n) is 7.83. The van der Waals surface area contributed by atoms with Crippen molar-refractivity contribution in [2.24, 2.45) is 5.73 Å². The minimum atomic E-state index is 0.786. The van der Waals surface area contributed by atoms with Crippen LogP contribution in [0, 0.1) is 6.92 Å². The van der Waals surface area contributed by atoms with Crippen molar-refractivity contribution in [3.8, 4) is 0 Å². The standard InChI is InChI=1S/C17H28N2/c1-3-16-13-15(8-7-9-18)12-14(2)17(16)19-10-5-4-6-11-19/h12-13H,3-11,18H2,1-2H3. The predicted molar refractivity (Wildman–Crippen MR) is 84.0 cm³/mol. The van der Waals surface area contributed by atoms with E-state index in [9.17, 15) is 0 Å². The van der Waals surface area contributed by atoms with E-state index in [0.29, 0.717) is 0 Å². The van der Waals surface area contributed by atoms with E-state index in [1.807, 2.05) is 0 Å². The van der Waals surface area contributed by atoms with Crippen molar-refractivity contribution in [3.05, 3.63) is 28.8 Å². The fraction of sp³-hybridized carbons (Fsp3) is 0.647. The largest absolute Gasteiger partial charge is 0.371 e. The van der Waals surface area contributed by atoms with Gasteiger partial charge in [-0.25, -0.2) is 0 Å². The van der Waals surface area contributed by atoms with Crippen molar-refractivity contribution in [2.45, 2.75) is 52.4 Å². The predicted octanol–water partition coefficient (Wildman–Crippen LogP) is 3.44. The third kappa shape index (κ3) is 3.50. The van der Waals surface area contributed by atoms with Crippen LogP contribution in [-0.4, -0.2) is 19.6 Å². The molecule has 1 aromatic rings. The number of hydrogen-bond acceptors (Lipinski definition) is 2. The average molecular weight is 260 g/mol. The summed E-state index contributed by atoms with van der Waals surface area (Å²) in [6.45, 7) is 7.80. The molecule has 1 heterocycles. The molecule has 0 radical (unpaired) electrons. The second-order valence-electron chi connectivity index (χ2n) is 5.71. The molecule has 0 aromatic heterocycles. The maximum atomic E-state index is 5.62. The molecule has 0 atom stereocenters. The Morgan fingerprint density at radius 1 is 1.16 bits per heavy atom. The molecule has 2 nitrogen and oxygen atoms in total. The third-order valence-corrected chi connectivity index (χ3v) is 4.16. The van der Waals surface area contributed by atoms with Crippen molar-refractivity contribution in [3.63, 3.8) is 0 Å². The molecule has 2 rings (SSSR count). The molecular formula is C17H28N2. The van der Waals surface area contributed by atoms with Gasteiger partial charge in [0.15, 0.2) is 0 Å².